The Kier molecular flexibility index (Phi) is 4.77. The van der Waals surface area contributed by atoms with Crippen LogP contribution < -0.4 is 5.32 Å². The highest BCUT2D eigenvalue weighted by Gasteiger charge is 2.16. The van der Waals surface area contributed by atoms with Gasteiger partial charge in [0.25, 0.3) is 5.91 Å². The number of H-pyrrole nitrogens is 1. The zero-order valence-electron chi connectivity index (χ0n) is 13.2. The summed E-state index contributed by atoms with van der Waals surface area (Å²) in [4.78, 5) is 12.0. The van der Waals surface area contributed by atoms with Crippen LogP contribution in [0.25, 0.3) is 11.3 Å². The molecule has 2 aromatic heterocycles. The SMILES string of the molecule is CCCCCNC(=O)c1cc(-c2c(C)nn(C)c2C)n[nH]1. The van der Waals surface area contributed by atoms with Crippen LogP contribution >= 0.6 is 0 Å². The van der Waals surface area contributed by atoms with E-state index in [0.29, 0.717) is 12.2 Å². The van der Waals surface area contributed by atoms with Gasteiger partial charge in [0.2, 0.25) is 0 Å². The molecule has 0 aliphatic carbocycles. The molecule has 114 valence electrons. The molecule has 6 nitrogen and oxygen atoms in total. The minimum Gasteiger partial charge on any atom is -0.351 e. The fourth-order valence-corrected chi connectivity index (χ4v) is 2.38. The van der Waals surface area contributed by atoms with Crippen LogP contribution in [0.5, 0.6) is 0 Å². The predicted octanol–water partition coefficient (Wildman–Crippen LogP) is 2.35. The van der Waals surface area contributed by atoms with Gasteiger partial charge in [-0.25, -0.2) is 0 Å². The molecule has 0 aliphatic rings. The number of aromatic amines is 1. The molecule has 1 amide bonds. The molecular weight excluding hydrogens is 266 g/mol. The van der Waals surface area contributed by atoms with E-state index in [0.717, 1.165) is 41.9 Å². The molecular formula is C15H23N5O. The van der Waals surface area contributed by atoms with Crippen molar-refractivity contribution < 1.29 is 4.79 Å². The number of unbranched alkanes of at least 4 members (excludes halogenated alkanes) is 2. The summed E-state index contributed by atoms with van der Waals surface area (Å²) in [5, 5.41) is 14.3. The van der Waals surface area contributed by atoms with Gasteiger partial charge in [-0.15, -0.1) is 0 Å². The van der Waals surface area contributed by atoms with E-state index in [9.17, 15) is 4.79 Å². The summed E-state index contributed by atoms with van der Waals surface area (Å²) in [6.45, 7) is 6.78. The summed E-state index contributed by atoms with van der Waals surface area (Å²) >= 11 is 0. The average Bonchev–Trinajstić information content (AvgIpc) is 3.01. The van der Waals surface area contributed by atoms with Crippen LogP contribution in [0, 0.1) is 13.8 Å². The maximum absolute atomic E-state index is 12.0. The fraction of sp³-hybridized carbons (Fsp3) is 0.533. The van der Waals surface area contributed by atoms with Crippen molar-refractivity contribution in [3.8, 4) is 11.3 Å². The molecule has 2 rings (SSSR count). The first kappa shape index (κ1) is 15.3. The molecule has 0 spiro atoms. The van der Waals surface area contributed by atoms with Crippen molar-refractivity contribution in [3.63, 3.8) is 0 Å². The predicted molar refractivity (Wildman–Crippen MR) is 82.1 cm³/mol. The lowest BCUT2D eigenvalue weighted by molar-refractivity contribution is 0.0948. The van der Waals surface area contributed by atoms with E-state index in [4.69, 9.17) is 0 Å². The molecule has 0 saturated heterocycles. The molecule has 6 heteroatoms. The van der Waals surface area contributed by atoms with Crippen LogP contribution in [0.15, 0.2) is 6.07 Å². The lowest BCUT2D eigenvalue weighted by Gasteiger charge is -2.01. The Labute approximate surface area is 124 Å². The highest BCUT2D eigenvalue weighted by Crippen LogP contribution is 2.25. The summed E-state index contributed by atoms with van der Waals surface area (Å²) < 4.78 is 1.82. The van der Waals surface area contributed by atoms with E-state index in [2.05, 4.69) is 27.5 Å². The van der Waals surface area contributed by atoms with E-state index in [1.807, 2.05) is 25.6 Å². The fourth-order valence-electron chi connectivity index (χ4n) is 2.38. The van der Waals surface area contributed by atoms with Crippen LogP contribution in [0.2, 0.25) is 0 Å². The number of carbonyl (C=O) groups excluding carboxylic acids is 1. The van der Waals surface area contributed by atoms with Crippen molar-refractivity contribution in [2.45, 2.75) is 40.0 Å². The van der Waals surface area contributed by atoms with Gasteiger partial charge in [0, 0.05) is 24.8 Å². The van der Waals surface area contributed by atoms with Gasteiger partial charge in [-0.2, -0.15) is 10.2 Å². The number of rotatable bonds is 6. The Morgan fingerprint density at radius 3 is 2.76 bits per heavy atom. The van der Waals surface area contributed by atoms with E-state index < -0.39 is 0 Å². The quantitative estimate of drug-likeness (QED) is 0.801. The first-order chi connectivity index (χ1) is 10.0. The molecule has 0 aliphatic heterocycles. The average molecular weight is 289 g/mol. The van der Waals surface area contributed by atoms with Gasteiger partial charge in [0.1, 0.15) is 5.69 Å². The third kappa shape index (κ3) is 3.32. The second kappa shape index (κ2) is 6.56. The smallest absolute Gasteiger partial charge is 0.269 e. The van der Waals surface area contributed by atoms with Crippen molar-refractivity contribution >= 4 is 5.91 Å². The minimum absolute atomic E-state index is 0.107. The molecule has 2 heterocycles. The van der Waals surface area contributed by atoms with Crippen molar-refractivity contribution in [2.75, 3.05) is 6.54 Å². The highest BCUT2D eigenvalue weighted by molar-refractivity contribution is 5.93. The summed E-state index contributed by atoms with van der Waals surface area (Å²) in [5.74, 6) is -0.107. The largest absolute Gasteiger partial charge is 0.351 e. The Hall–Kier alpha value is -2.11. The number of nitrogens with zero attached hydrogens (tertiary/aromatic N) is 3. The van der Waals surface area contributed by atoms with Gasteiger partial charge in [-0.3, -0.25) is 14.6 Å². The Balaban J connectivity index is 2.09. The maximum atomic E-state index is 12.0. The second-order valence-electron chi connectivity index (χ2n) is 5.30. The van der Waals surface area contributed by atoms with E-state index in [1.54, 1.807) is 6.07 Å². The topological polar surface area (TPSA) is 75.6 Å². The van der Waals surface area contributed by atoms with Crippen LogP contribution in [0.3, 0.4) is 0 Å². The maximum Gasteiger partial charge on any atom is 0.269 e. The zero-order valence-corrected chi connectivity index (χ0v) is 13.2. The van der Waals surface area contributed by atoms with E-state index in [-0.39, 0.29) is 5.91 Å². The third-order valence-corrected chi connectivity index (χ3v) is 3.65. The summed E-state index contributed by atoms with van der Waals surface area (Å²) in [7, 11) is 1.90. The highest BCUT2D eigenvalue weighted by atomic mass is 16.1. The van der Waals surface area contributed by atoms with Crippen LogP contribution in [0.4, 0.5) is 0 Å². The number of carbonyl (C=O) groups is 1. The van der Waals surface area contributed by atoms with Gasteiger partial charge in [0.15, 0.2) is 0 Å². The molecule has 2 N–H and O–H groups in total. The molecule has 0 radical (unpaired) electrons. The normalized spacial score (nSPS) is 10.9. The second-order valence-corrected chi connectivity index (χ2v) is 5.30. The summed E-state index contributed by atoms with van der Waals surface area (Å²) in [5.41, 5.74) is 4.19. The van der Waals surface area contributed by atoms with Gasteiger partial charge in [-0.05, 0) is 26.3 Å². The Morgan fingerprint density at radius 1 is 1.38 bits per heavy atom. The molecule has 2 aromatic rings. The molecule has 0 unspecified atom stereocenters. The van der Waals surface area contributed by atoms with Crippen LogP contribution in [-0.4, -0.2) is 32.4 Å². The summed E-state index contributed by atoms with van der Waals surface area (Å²) in [6, 6.07) is 1.78. The molecule has 0 saturated carbocycles. The lowest BCUT2D eigenvalue weighted by Crippen LogP contribution is -2.24. The minimum atomic E-state index is -0.107. The van der Waals surface area contributed by atoms with Crippen LogP contribution in [-0.2, 0) is 7.05 Å². The van der Waals surface area contributed by atoms with E-state index >= 15 is 0 Å². The lowest BCUT2D eigenvalue weighted by atomic mass is 10.1. The van der Waals surface area contributed by atoms with Gasteiger partial charge < -0.3 is 5.32 Å². The van der Waals surface area contributed by atoms with Crippen molar-refractivity contribution in [1.82, 2.24) is 25.3 Å². The molecule has 0 bridgehead atoms. The molecule has 0 atom stereocenters. The molecule has 0 aromatic carbocycles. The van der Waals surface area contributed by atoms with E-state index in [1.165, 1.54) is 0 Å². The molecule has 0 fully saturated rings. The van der Waals surface area contributed by atoms with Crippen molar-refractivity contribution in [2.24, 2.45) is 7.05 Å². The van der Waals surface area contributed by atoms with Gasteiger partial charge in [-0.1, -0.05) is 19.8 Å². The number of hydrogen-bond acceptors (Lipinski definition) is 3. The monoisotopic (exact) mass is 289 g/mol. The Morgan fingerprint density at radius 2 is 2.14 bits per heavy atom. The number of aromatic nitrogens is 4. The summed E-state index contributed by atoms with van der Waals surface area (Å²) in [6.07, 6.45) is 3.27. The van der Waals surface area contributed by atoms with Crippen LogP contribution in [0.1, 0.15) is 48.1 Å². The van der Waals surface area contributed by atoms with Gasteiger partial charge >= 0.3 is 0 Å². The van der Waals surface area contributed by atoms with Gasteiger partial charge in [0.05, 0.1) is 11.4 Å². The zero-order chi connectivity index (χ0) is 15.4. The molecule has 21 heavy (non-hydrogen) atoms. The number of nitrogens with one attached hydrogen (secondary N) is 2. The Bertz CT molecular complexity index is 626. The van der Waals surface area contributed by atoms with Crippen molar-refractivity contribution in [3.05, 3.63) is 23.1 Å². The third-order valence-electron chi connectivity index (χ3n) is 3.65. The number of hydrogen-bond donors (Lipinski definition) is 2. The standard InChI is InChI=1S/C15H23N5O/c1-5-6-7-8-16-15(21)13-9-12(17-18-13)14-10(2)19-20(4)11(14)3/h9H,5-8H2,1-4H3,(H,16,21)(H,17,18). The van der Waals surface area contributed by atoms with Crippen molar-refractivity contribution in [1.29, 1.82) is 0 Å². The first-order valence-corrected chi connectivity index (χ1v) is 7.38. The number of aryl methyl sites for hydroxylation is 2. The first-order valence-electron chi connectivity index (χ1n) is 7.38. The number of amides is 1.